The number of nitrogens with zero attached hydrogens (tertiary/aromatic N) is 1. The first kappa shape index (κ1) is 12.7. The van der Waals surface area contributed by atoms with Crippen molar-refractivity contribution in [2.45, 2.75) is 6.92 Å². The van der Waals surface area contributed by atoms with Crippen LogP contribution in [0.1, 0.15) is 5.76 Å². The fourth-order valence-corrected chi connectivity index (χ4v) is 2.25. The first-order valence-corrected chi connectivity index (χ1v) is 6.30. The highest BCUT2D eigenvalue weighted by molar-refractivity contribution is 6.31. The Hall–Kier alpha value is -2.27. The predicted octanol–water partition coefficient (Wildman–Crippen LogP) is 4.02. The summed E-state index contributed by atoms with van der Waals surface area (Å²) in [6, 6.07) is 8.32. The third-order valence-electron chi connectivity index (χ3n) is 3.00. The molecule has 20 heavy (non-hydrogen) atoms. The van der Waals surface area contributed by atoms with Crippen molar-refractivity contribution in [1.82, 2.24) is 10.2 Å². The summed E-state index contributed by atoms with van der Waals surface area (Å²) in [7, 11) is 0. The Kier molecular flexibility index (Phi) is 2.99. The second-order valence-electron chi connectivity index (χ2n) is 4.37. The minimum absolute atomic E-state index is 0.0321. The van der Waals surface area contributed by atoms with Gasteiger partial charge in [0.1, 0.15) is 17.3 Å². The van der Waals surface area contributed by atoms with Crippen LogP contribution in [0.4, 0.5) is 10.2 Å². The average Bonchev–Trinajstić information content (AvgIpc) is 2.99. The van der Waals surface area contributed by atoms with Crippen LogP contribution >= 0.6 is 11.6 Å². The van der Waals surface area contributed by atoms with Crippen LogP contribution in [0.2, 0.25) is 5.02 Å². The molecule has 0 saturated carbocycles. The van der Waals surface area contributed by atoms with E-state index >= 15 is 0 Å². The highest BCUT2D eigenvalue weighted by Gasteiger charge is 2.20. The number of nitrogens with one attached hydrogen (secondary N) is 1. The molecule has 2 aromatic heterocycles. The molecule has 0 fully saturated rings. The van der Waals surface area contributed by atoms with Crippen molar-refractivity contribution in [2.75, 3.05) is 5.73 Å². The molecule has 0 aliphatic rings. The van der Waals surface area contributed by atoms with Crippen molar-refractivity contribution in [2.24, 2.45) is 0 Å². The van der Waals surface area contributed by atoms with Gasteiger partial charge in [-0.25, -0.2) is 4.39 Å². The third-order valence-corrected chi connectivity index (χ3v) is 3.29. The van der Waals surface area contributed by atoms with E-state index < -0.39 is 5.82 Å². The normalized spacial score (nSPS) is 10.9. The van der Waals surface area contributed by atoms with Gasteiger partial charge in [-0.1, -0.05) is 23.7 Å². The van der Waals surface area contributed by atoms with Crippen LogP contribution in [0.3, 0.4) is 0 Å². The minimum atomic E-state index is -0.535. The summed E-state index contributed by atoms with van der Waals surface area (Å²) in [5.41, 5.74) is 7.10. The number of halogens is 2. The van der Waals surface area contributed by atoms with E-state index in [4.69, 9.17) is 21.8 Å². The smallest absolute Gasteiger partial charge is 0.153 e. The van der Waals surface area contributed by atoms with Gasteiger partial charge in [0.2, 0.25) is 0 Å². The molecular formula is C14H11ClFN3O. The van der Waals surface area contributed by atoms with Crippen molar-refractivity contribution in [3.05, 3.63) is 46.9 Å². The molecule has 0 aliphatic heterocycles. The molecule has 0 radical (unpaired) electrons. The van der Waals surface area contributed by atoms with Gasteiger partial charge in [-0.3, -0.25) is 5.10 Å². The average molecular weight is 292 g/mol. The number of aromatic nitrogens is 2. The summed E-state index contributed by atoms with van der Waals surface area (Å²) in [6.45, 7) is 1.82. The molecule has 0 amide bonds. The van der Waals surface area contributed by atoms with Gasteiger partial charge < -0.3 is 10.2 Å². The van der Waals surface area contributed by atoms with E-state index in [9.17, 15) is 4.39 Å². The minimum Gasteiger partial charge on any atom is -0.460 e. The number of nitrogens with two attached hydrogens (primary N) is 1. The maximum atomic E-state index is 14.2. The number of aromatic amines is 1. The van der Waals surface area contributed by atoms with E-state index in [0.29, 0.717) is 17.0 Å². The van der Waals surface area contributed by atoms with E-state index in [1.165, 1.54) is 6.07 Å². The summed E-state index contributed by atoms with van der Waals surface area (Å²) in [5, 5.41) is 6.73. The van der Waals surface area contributed by atoms with E-state index in [-0.39, 0.29) is 16.4 Å². The number of rotatable bonds is 2. The molecule has 0 unspecified atom stereocenters. The molecule has 0 saturated heterocycles. The monoisotopic (exact) mass is 291 g/mol. The molecule has 1 aromatic carbocycles. The Bertz CT molecular complexity index is 779. The lowest BCUT2D eigenvalue weighted by atomic mass is 10.0. The lowest BCUT2D eigenvalue weighted by molar-refractivity contribution is 0.546. The van der Waals surface area contributed by atoms with Crippen molar-refractivity contribution >= 4 is 17.4 Å². The lowest BCUT2D eigenvalue weighted by Gasteiger charge is -2.05. The maximum absolute atomic E-state index is 14.2. The number of benzene rings is 1. The van der Waals surface area contributed by atoms with Gasteiger partial charge >= 0.3 is 0 Å². The summed E-state index contributed by atoms with van der Waals surface area (Å²) in [5.74, 6) is 0.939. The SMILES string of the molecule is Cc1ccc(-c2[nH]nc(N)c2-c2cccc(Cl)c2F)o1. The van der Waals surface area contributed by atoms with Crippen LogP contribution < -0.4 is 5.73 Å². The highest BCUT2D eigenvalue weighted by Crippen LogP contribution is 2.38. The molecule has 3 rings (SSSR count). The van der Waals surface area contributed by atoms with Gasteiger partial charge in [0, 0.05) is 5.56 Å². The van der Waals surface area contributed by atoms with Gasteiger partial charge in [0.25, 0.3) is 0 Å². The molecule has 0 aliphatic carbocycles. The van der Waals surface area contributed by atoms with Crippen LogP contribution in [-0.2, 0) is 0 Å². The number of nitrogen functional groups attached to an aromatic ring is 1. The molecule has 0 bridgehead atoms. The van der Waals surface area contributed by atoms with Crippen LogP contribution in [-0.4, -0.2) is 10.2 Å². The van der Waals surface area contributed by atoms with Crippen LogP contribution in [0, 0.1) is 12.7 Å². The summed E-state index contributed by atoms with van der Waals surface area (Å²) >= 11 is 5.82. The molecule has 3 aromatic rings. The van der Waals surface area contributed by atoms with Crippen LogP contribution in [0.25, 0.3) is 22.6 Å². The van der Waals surface area contributed by atoms with Crippen LogP contribution in [0.15, 0.2) is 34.7 Å². The maximum Gasteiger partial charge on any atom is 0.153 e. The number of aryl methyl sites for hydroxylation is 1. The second-order valence-corrected chi connectivity index (χ2v) is 4.78. The Morgan fingerprint density at radius 2 is 2.10 bits per heavy atom. The molecule has 3 N–H and O–H groups in total. The van der Waals surface area contributed by atoms with E-state index in [0.717, 1.165) is 5.76 Å². The van der Waals surface area contributed by atoms with E-state index in [1.54, 1.807) is 18.2 Å². The Morgan fingerprint density at radius 3 is 2.80 bits per heavy atom. The Morgan fingerprint density at radius 1 is 1.30 bits per heavy atom. The molecule has 2 heterocycles. The van der Waals surface area contributed by atoms with Gasteiger partial charge in [0.05, 0.1) is 10.6 Å². The van der Waals surface area contributed by atoms with Gasteiger partial charge in [-0.2, -0.15) is 5.10 Å². The molecule has 4 nitrogen and oxygen atoms in total. The van der Waals surface area contributed by atoms with Crippen molar-refractivity contribution in [3.63, 3.8) is 0 Å². The van der Waals surface area contributed by atoms with Crippen molar-refractivity contribution < 1.29 is 8.81 Å². The Labute approximate surface area is 119 Å². The number of hydrogen-bond acceptors (Lipinski definition) is 3. The molecule has 102 valence electrons. The Balaban J connectivity index is 2.24. The predicted molar refractivity (Wildman–Crippen MR) is 75.8 cm³/mol. The van der Waals surface area contributed by atoms with Crippen molar-refractivity contribution in [1.29, 1.82) is 0 Å². The second kappa shape index (κ2) is 4.68. The number of furan rings is 1. The molecular weight excluding hydrogens is 281 g/mol. The molecule has 6 heteroatoms. The van der Waals surface area contributed by atoms with E-state index in [2.05, 4.69) is 10.2 Å². The zero-order valence-corrected chi connectivity index (χ0v) is 11.3. The fraction of sp³-hybridized carbons (Fsp3) is 0.0714. The first-order valence-electron chi connectivity index (χ1n) is 5.93. The van der Waals surface area contributed by atoms with Crippen molar-refractivity contribution in [3.8, 4) is 22.6 Å². The number of H-pyrrole nitrogens is 1. The number of hydrogen-bond donors (Lipinski definition) is 2. The zero-order valence-electron chi connectivity index (χ0n) is 10.6. The standard InChI is InChI=1S/C14H11ClFN3O/c1-7-5-6-10(20-7)13-11(14(17)19-18-13)8-3-2-4-9(15)12(8)16/h2-6H,1H3,(H3,17,18,19). The lowest BCUT2D eigenvalue weighted by Crippen LogP contribution is -1.92. The summed E-state index contributed by atoms with van der Waals surface area (Å²) in [6.07, 6.45) is 0. The number of anilines is 1. The van der Waals surface area contributed by atoms with Gasteiger partial charge in [-0.05, 0) is 25.1 Å². The van der Waals surface area contributed by atoms with E-state index in [1.807, 2.05) is 13.0 Å². The topological polar surface area (TPSA) is 67.8 Å². The summed E-state index contributed by atoms with van der Waals surface area (Å²) in [4.78, 5) is 0. The summed E-state index contributed by atoms with van der Waals surface area (Å²) < 4.78 is 19.7. The first-order chi connectivity index (χ1) is 9.58. The zero-order chi connectivity index (χ0) is 14.3. The fourth-order valence-electron chi connectivity index (χ4n) is 2.07. The molecule has 0 spiro atoms. The largest absolute Gasteiger partial charge is 0.460 e. The third kappa shape index (κ3) is 1.96. The van der Waals surface area contributed by atoms with Gasteiger partial charge in [0.15, 0.2) is 11.6 Å². The quantitative estimate of drug-likeness (QED) is 0.749. The van der Waals surface area contributed by atoms with Gasteiger partial charge in [-0.15, -0.1) is 0 Å². The van der Waals surface area contributed by atoms with Crippen LogP contribution in [0.5, 0.6) is 0 Å². The molecule has 0 atom stereocenters. The highest BCUT2D eigenvalue weighted by atomic mass is 35.5.